The summed E-state index contributed by atoms with van der Waals surface area (Å²) in [5, 5.41) is 9.67. The van der Waals surface area contributed by atoms with Gasteiger partial charge in [-0.1, -0.05) is 12.8 Å². The monoisotopic (exact) mass is 308 g/mol. The number of unbranched alkanes of at least 4 members (excludes halogenated alkanes) is 3. The first kappa shape index (κ1) is 15.9. The zero-order valence-corrected chi connectivity index (χ0v) is 12.9. The summed E-state index contributed by atoms with van der Waals surface area (Å²) < 4.78 is 10.4. The summed E-state index contributed by atoms with van der Waals surface area (Å²) in [6.07, 6.45) is 4.08. The summed E-state index contributed by atoms with van der Waals surface area (Å²) in [7, 11) is 1.59. The van der Waals surface area contributed by atoms with Crippen LogP contribution in [-0.4, -0.2) is 24.6 Å². The van der Waals surface area contributed by atoms with Gasteiger partial charge in [-0.25, -0.2) is 4.79 Å². The van der Waals surface area contributed by atoms with Crippen molar-refractivity contribution >= 4 is 22.7 Å². The number of benzene rings is 1. The third-order valence-corrected chi connectivity index (χ3v) is 4.37. The molecular formula is C16H20O4S. The highest BCUT2D eigenvalue weighted by Gasteiger charge is 2.07. The van der Waals surface area contributed by atoms with E-state index < -0.39 is 0 Å². The second-order valence-corrected chi connectivity index (χ2v) is 5.91. The Labute approximate surface area is 128 Å². The first-order valence-corrected chi connectivity index (χ1v) is 8.08. The molecular weight excluding hydrogens is 288 g/mol. The van der Waals surface area contributed by atoms with Crippen LogP contribution in [0, 0.1) is 0 Å². The average molecular weight is 308 g/mol. The summed E-state index contributed by atoms with van der Waals surface area (Å²) in [5.74, 6) is 1.63. The summed E-state index contributed by atoms with van der Waals surface area (Å²) in [4.78, 5) is 12.6. The molecule has 0 unspecified atom stereocenters. The molecule has 0 aliphatic carbocycles. The Bertz CT molecular complexity index is 636. The van der Waals surface area contributed by atoms with Crippen molar-refractivity contribution in [3.63, 3.8) is 0 Å². The van der Waals surface area contributed by atoms with Crippen LogP contribution in [0.1, 0.15) is 25.7 Å². The highest BCUT2D eigenvalue weighted by Crippen LogP contribution is 2.29. The maximum absolute atomic E-state index is 11.6. The molecule has 0 saturated carbocycles. The van der Waals surface area contributed by atoms with Crippen LogP contribution in [-0.2, 0) is 0 Å². The Hall–Kier alpha value is -1.46. The molecule has 1 aromatic heterocycles. The number of rotatable bonds is 8. The Morgan fingerprint density at radius 2 is 2.00 bits per heavy atom. The highest BCUT2D eigenvalue weighted by molar-refractivity contribution is 7.99. The SMILES string of the molecule is COc1ccc2c(SCCCCCCO)cc(=O)oc2c1. The van der Waals surface area contributed by atoms with Gasteiger partial charge in [0, 0.05) is 29.0 Å². The molecule has 0 bridgehead atoms. The lowest BCUT2D eigenvalue weighted by Crippen LogP contribution is -1.98. The van der Waals surface area contributed by atoms with Crippen molar-refractivity contribution in [3.05, 3.63) is 34.7 Å². The number of ether oxygens (including phenoxy) is 1. The standard InChI is InChI=1S/C16H20O4S/c1-19-12-6-7-13-14(10-12)20-16(18)11-15(13)21-9-5-3-2-4-8-17/h6-7,10-11,17H,2-5,8-9H2,1H3. The molecule has 0 aliphatic rings. The van der Waals surface area contributed by atoms with Crippen molar-refractivity contribution in [2.24, 2.45) is 0 Å². The van der Waals surface area contributed by atoms with Crippen molar-refractivity contribution in [2.45, 2.75) is 30.6 Å². The van der Waals surface area contributed by atoms with Crippen LogP contribution < -0.4 is 10.4 Å². The van der Waals surface area contributed by atoms with E-state index >= 15 is 0 Å². The number of hydrogen-bond acceptors (Lipinski definition) is 5. The number of aliphatic hydroxyl groups is 1. The van der Waals surface area contributed by atoms with Gasteiger partial charge < -0.3 is 14.3 Å². The fourth-order valence-electron chi connectivity index (χ4n) is 2.11. The third kappa shape index (κ3) is 4.51. The van der Waals surface area contributed by atoms with Gasteiger partial charge in [0.15, 0.2) is 0 Å². The molecule has 1 aromatic carbocycles. The van der Waals surface area contributed by atoms with Crippen molar-refractivity contribution in [3.8, 4) is 5.75 Å². The molecule has 2 aromatic rings. The van der Waals surface area contributed by atoms with Crippen molar-refractivity contribution in [1.29, 1.82) is 0 Å². The summed E-state index contributed by atoms with van der Waals surface area (Å²) >= 11 is 1.67. The Balaban J connectivity index is 2.07. The van der Waals surface area contributed by atoms with Crippen LogP contribution in [0.15, 0.2) is 38.4 Å². The fourth-order valence-corrected chi connectivity index (χ4v) is 3.18. The fraction of sp³-hybridized carbons (Fsp3) is 0.438. The summed E-state index contributed by atoms with van der Waals surface area (Å²) in [6.45, 7) is 0.263. The van der Waals surface area contributed by atoms with Gasteiger partial charge in [0.1, 0.15) is 11.3 Å². The van der Waals surface area contributed by atoms with Gasteiger partial charge in [-0.05, 0) is 30.7 Å². The van der Waals surface area contributed by atoms with Crippen molar-refractivity contribution in [1.82, 2.24) is 0 Å². The van der Waals surface area contributed by atoms with Crippen LogP contribution in [0.5, 0.6) is 5.75 Å². The van der Waals surface area contributed by atoms with E-state index in [2.05, 4.69) is 0 Å². The second kappa shape index (κ2) is 8.10. The molecule has 5 heteroatoms. The molecule has 1 N–H and O–H groups in total. The maximum atomic E-state index is 11.6. The molecule has 1 heterocycles. The van der Waals surface area contributed by atoms with Crippen LogP contribution in [0.2, 0.25) is 0 Å². The predicted molar refractivity (Wildman–Crippen MR) is 85.3 cm³/mol. The lowest BCUT2D eigenvalue weighted by atomic mass is 10.2. The molecule has 0 spiro atoms. The van der Waals surface area contributed by atoms with E-state index in [1.165, 1.54) is 0 Å². The van der Waals surface area contributed by atoms with E-state index in [1.807, 2.05) is 12.1 Å². The first-order valence-electron chi connectivity index (χ1n) is 7.10. The Morgan fingerprint density at radius 1 is 1.19 bits per heavy atom. The van der Waals surface area contributed by atoms with E-state index in [4.69, 9.17) is 14.3 Å². The van der Waals surface area contributed by atoms with E-state index in [0.29, 0.717) is 11.3 Å². The van der Waals surface area contributed by atoms with Crippen molar-refractivity contribution in [2.75, 3.05) is 19.5 Å². The van der Waals surface area contributed by atoms with Crippen LogP contribution >= 0.6 is 11.8 Å². The average Bonchev–Trinajstić information content (AvgIpc) is 2.49. The van der Waals surface area contributed by atoms with Crippen LogP contribution in [0.3, 0.4) is 0 Å². The minimum atomic E-state index is -0.335. The number of thioether (sulfide) groups is 1. The lowest BCUT2D eigenvalue weighted by molar-refractivity contribution is 0.283. The number of aliphatic hydroxyl groups excluding tert-OH is 1. The van der Waals surface area contributed by atoms with Gasteiger partial charge in [0.2, 0.25) is 0 Å². The first-order chi connectivity index (χ1) is 10.2. The van der Waals surface area contributed by atoms with Crippen LogP contribution in [0.25, 0.3) is 11.0 Å². The normalized spacial score (nSPS) is 11.0. The molecule has 0 aliphatic heterocycles. The lowest BCUT2D eigenvalue weighted by Gasteiger charge is -2.06. The molecule has 4 nitrogen and oxygen atoms in total. The molecule has 0 amide bonds. The topological polar surface area (TPSA) is 59.7 Å². The highest BCUT2D eigenvalue weighted by atomic mass is 32.2. The van der Waals surface area contributed by atoms with Gasteiger partial charge in [0.05, 0.1) is 7.11 Å². The molecule has 0 atom stereocenters. The minimum absolute atomic E-state index is 0.263. The summed E-state index contributed by atoms with van der Waals surface area (Å²) in [6, 6.07) is 7.08. The second-order valence-electron chi connectivity index (χ2n) is 4.78. The molecule has 114 valence electrons. The van der Waals surface area contributed by atoms with Gasteiger partial charge in [-0.3, -0.25) is 0 Å². The predicted octanol–water partition coefficient (Wildman–Crippen LogP) is 3.45. The number of hydrogen-bond donors (Lipinski definition) is 1. The van der Waals surface area contributed by atoms with E-state index in [-0.39, 0.29) is 12.2 Å². The Kier molecular flexibility index (Phi) is 6.14. The quantitative estimate of drug-likeness (QED) is 0.460. The Morgan fingerprint density at radius 3 is 2.76 bits per heavy atom. The zero-order valence-electron chi connectivity index (χ0n) is 12.1. The largest absolute Gasteiger partial charge is 0.497 e. The van der Waals surface area contributed by atoms with E-state index in [1.54, 1.807) is 31.0 Å². The van der Waals surface area contributed by atoms with Gasteiger partial charge >= 0.3 is 5.63 Å². The van der Waals surface area contributed by atoms with Gasteiger partial charge in [-0.15, -0.1) is 11.8 Å². The molecule has 0 fully saturated rings. The third-order valence-electron chi connectivity index (χ3n) is 3.22. The minimum Gasteiger partial charge on any atom is -0.497 e. The zero-order chi connectivity index (χ0) is 15.1. The smallest absolute Gasteiger partial charge is 0.337 e. The van der Waals surface area contributed by atoms with E-state index in [9.17, 15) is 4.79 Å². The van der Waals surface area contributed by atoms with Gasteiger partial charge in [0.25, 0.3) is 0 Å². The van der Waals surface area contributed by atoms with Crippen LogP contribution in [0.4, 0.5) is 0 Å². The molecule has 0 radical (unpaired) electrons. The number of fused-ring (bicyclic) bond motifs is 1. The molecule has 2 rings (SSSR count). The molecule has 21 heavy (non-hydrogen) atoms. The van der Waals surface area contributed by atoms with Gasteiger partial charge in [-0.2, -0.15) is 0 Å². The summed E-state index contributed by atoms with van der Waals surface area (Å²) in [5.41, 5.74) is 0.225. The van der Waals surface area contributed by atoms with Crippen molar-refractivity contribution < 1.29 is 14.3 Å². The maximum Gasteiger partial charge on any atom is 0.337 e. The molecule has 0 saturated heterocycles. The van der Waals surface area contributed by atoms with E-state index in [0.717, 1.165) is 41.7 Å². The number of methoxy groups -OCH3 is 1.